The summed E-state index contributed by atoms with van der Waals surface area (Å²) in [7, 11) is 0. The third-order valence-corrected chi connectivity index (χ3v) is 7.17. The molecule has 5 rings (SSSR count). The normalized spacial score (nSPS) is 11.6. The minimum Gasteiger partial charge on any atom is -0.364 e. The van der Waals surface area contributed by atoms with E-state index in [0.717, 1.165) is 49.7 Å². The molecule has 37 heavy (non-hydrogen) atoms. The number of hydrogen-bond donors (Lipinski definition) is 2. The summed E-state index contributed by atoms with van der Waals surface area (Å²) in [6.45, 7) is 9.18. The first-order chi connectivity index (χ1) is 17.9. The minimum absolute atomic E-state index is 0.00576. The molecular weight excluding hydrogens is 474 g/mol. The van der Waals surface area contributed by atoms with Crippen LogP contribution in [0.1, 0.15) is 32.0 Å². The monoisotopic (exact) mass is 505 g/mol. The summed E-state index contributed by atoms with van der Waals surface area (Å²) in [5, 5.41) is 5.88. The number of aromatic nitrogens is 3. The van der Waals surface area contributed by atoms with E-state index in [1.807, 2.05) is 42.9 Å². The van der Waals surface area contributed by atoms with Gasteiger partial charge in [0.05, 0.1) is 17.9 Å². The van der Waals surface area contributed by atoms with E-state index in [9.17, 15) is 0 Å². The zero-order valence-corrected chi connectivity index (χ0v) is 22.4. The van der Waals surface area contributed by atoms with Gasteiger partial charge < -0.3 is 5.32 Å². The summed E-state index contributed by atoms with van der Waals surface area (Å²) in [5.41, 5.74) is 6.32. The Morgan fingerprint density at radius 3 is 2.43 bits per heavy atom. The van der Waals surface area contributed by atoms with Crippen LogP contribution < -0.4 is 10.0 Å². The highest BCUT2D eigenvalue weighted by Crippen LogP contribution is 2.38. The maximum atomic E-state index is 5.21. The number of anilines is 1. The van der Waals surface area contributed by atoms with Crippen LogP contribution >= 0.6 is 11.9 Å². The third-order valence-electron chi connectivity index (χ3n) is 5.99. The molecule has 0 bridgehead atoms. The standard InChI is InChI=1S/C31H31N5S/c1-21-26-14-10-15-27(22-11-6-5-7-12-22)28(26)30(34-19-24-13-8-9-16-33-24)35-29(21)23-17-25(20-32-18-23)37-36-31(2,3)4/h5-18,20,36H,19H2,1-4H3,(H,34,35). The number of benzene rings is 2. The van der Waals surface area contributed by atoms with Gasteiger partial charge in [-0.1, -0.05) is 54.6 Å². The lowest BCUT2D eigenvalue weighted by Crippen LogP contribution is -2.29. The van der Waals surface area contributed by atoms with Gasteiger partial charge in [-0.15, -0.1) is 0 Å². The zero-order valence-electron chi connectivity index (χ0n) is 21.6. The smallest absolute Gasteiger partial charge is 0.135 e. The van der Waals surface area contributed by atoms with Crippen LogP contribution in [-0.2, 0) is 6.54 Å². The number of hydrogen-bond acceptors (Lipinski definition) is 6. The molecular formula is C31H31N5S. The summed E-state index contributed by atoms with van der Waals surface area (Å²) < 4.78 is 3.47. The lowest BCUT2D eigenvalue weighted by Gasteiger charge is -2.20. The summed E-state index contributed by atoms with van der Waals surface area (Å²) in [4.78, 5) is 15.3. The molecule has 0 aliphatic carbocycles. The molecule has 3 aromatic heterocycles. The molecule has 0 aliphatic heterocycles. The Balaban J connectivity index is 1.64. The lowest BCUT2D eigenvalue weighted by atomic mass is 9.94. The van der Waals surface area contributed by atoms with Crippen molar-refractivity contribution in [2.24, 2.45) is 0 Å². The van der Waals surface area contributed by atoms with Crippen molar-refractivity contribution in [1.82, 2.24) is 19.7 Å². The van der Waals surface area contributed by atoms with E-state index in [4.69, 9.17) is 4.98 Å². The van der Waals surface area contributed by atoms with Crippen molar-refractivity contribution in [3.8, 4) is 22.4 Å². The van der Waals surface area contributed by atoms with Crippen molar-refractivity contribution in [3.05, 3.63) is 103 Å². The number of rotatable bonds is 7. The fraction of sp³-hybridized carbons (Fsp3) is 0.194. The fourth-order valence-electron chi connectivity index (χ4n) is 4.26. The number of fused-ring (bicyclic) bond motifs is 1. The summed E-state index contributed by atoms with van der Waals surface area (Å²) >= 11 is 1.59. The van der Waals surface area contributed by atoms with Crippen LogP contribution in [-0.4, -0.2) is 20.5 Å². The molecule has 2 aromatic carbocycles. The maximum Gasteiger partial charge on any atom is 0.135 e. The van der Waals surface area contributed by atoms with Crippen LogP contribution in [0.15, 0.2) is 96.3 Å². The van der Waals surface area contributed by atoms with Crippen molar-refractivity contribution >= 4 is 28.5 Å². The summed E-state index contributed by atoms with van der Waals surface area (Å²) in [5.74, 6) is 0.839. The van der Waals surface area contributed by atoms with Gasteiger partial charge in [0, 0.05) is 40.0 Å². The van der Waals surface area contributed by atoms with Gasteiger partial charge in [-0.05, 0) is 79.9 Å². The van der Waals surface area contributed by atoms with Gasteiger partial charge in [-0.2, -0.15) is 0 Å². The second kappa shape index (κ2) is 10.7. The molecule has 0 spiro atoms. The van der Waals surface area contributed by atoms with Crippen molar-refractivity contribution in [2.45, 2.75) is 44.7 Å². The fourth-order valence-corrected chi connectivity index (χ4v) is 4.98. The Labute approximate surface area is 222 Å². The molecule has 0 radical (unpaired) electrons. The zero-order chi connectivity index (χ0) is 25.8. The molecule has 5 nitrogen and oxygen atoms in total. The molecule has 0 aliphatic rings. The van der Waals surface area contributed by atoms with E-state index >= 15 is 0 Å². The van der Waals surface area contributed by atoms with Gasteiger partial charge >= 0.3 is 0 Å². The van der Waals surface area contributed by atoms with Gasteiger partial charge in [0.15, 0.2) is 0 Å². The minimum atomic E-state index is -0.00576. The van der Waals surface area contributed by atoms with Crippen molar-refractivity contribution in [2.75, 3.05) is 5.32 Å². The SMILES string of the molecule is Cc1c(-c2cncc(SNC(C)(C)C)c2)nc(NCc2ccccn2)c2c(-c3ccccc3)cccc12. The molecule has 0 unspecified atom stereocenters. The third kappa shape index (κ3) is 5.82. The van der Waals surface area contributed by atoms with E-state index in [1.54, 1.807) is 11.9 Å². The molecule has 2 N–H and O–H groups in total. The van der Waals surface area contributed by atoms with Crippen LogP contribution in [0, 0.1) is 6.92 Å². The highest BCUT2D eigenvalue weighted by Gasteiger charge is 2.17. The van der Waals surface area contributed by atoms with Crippen molar-refractivity contribution in [1.29, 1.82) is 0 Å². The average Bonchev–Trinajstić information content (AvgIpc) is 2.92. The highest BCUT2D eigenvalue weighted by molar-refractivity contribution is 7.97. The molecule has 186 valence electrons. The van der Waals surface area contributed by atoms with Gasteiger partial charge in [0.1, 0.15) is 5.82 Å². The van der Waals surface area contributed by atoms with Crippen molar-refractivity contribution < 1.29 is 0 Å². The molecule has 0 atom stereocenters. The predicted octanol–water partition coefficient (Wildman–Crippen LogP) is 7.67. The molecule has 3 heterocycles. The molecule has 0 saturated heterocycles. The van der Waals surface area contributed by atoms with E-state index in [1.165, 1.54) is 5.39 Å². The topological polar surface area (TPSA) is 62.7 Å². The van der Waals surface area contributed by atoms with E-state index in [2.05, 4.69) is 96.2 Å². The Morgan fingerprint density at radius 1 is 0.865 bits per heavy atom. The molecule has 5 aromatic rings. The number of aryl methyl sites for hydroxylation is 1. The average molecular weight is 506 g/mol. The van der Waals surface area contributed by atoms with Gasteiger partial charge in [0.2, 0.25) is 0 Å². The maximum absolute atomic E-state index is 5.21. The Morgan fingerprint density at radius 2 is 1.68 bits per heavy atom. The van der Waals surface area contributed by atoms with E-state index in [0.29, 0.717) is 6.54 Å². The number of pyridine rings is 3. The Kier molecular flexibility index (Phi) is 7.22. The molecule has 0 fully saturated rings. The first-order valence-electron chi connectivity index (χ1n) is 12.4. The predicted molar refractivity (Wildman–Crippen MR) is 155 cm³/mol. The first-order valence-corrected chi connectivity index (χ1v) is 13.2. The first kappa shape index (κ1) is 24.9. The van der Waals surface area contributed by atoms with Crippen LogP contribution in [0.3, 0.4) is 0 Å². The summed E-state index contributed by atoms with van der Waals surface area (Å²) in [6, 6.07) is 25.1. The van der Waals surface area contributed by atoms with Gasteiger partial charge in [-0.3, -0.25) is 14.7 Å². The second-order valence-corrected chi connectivity index (χ2v) is 10.9. The van der Waals surface area contributed by atoms with E-state index in [-0.39, 0.29) is 5.54 Å². The highest BCUT2D eigenvalue weighted by atomic mass is 32.2. The Bertz CT molecular complexity index is 1510. The molecule has 0 amide bonds. The van der Waals surface area contributed by atoms with Gasteiger partial charge in [0.25, 0.3) is 0 Å². The largest absolute Gasteiger partial charge is 0.364 e. The summed E-state index contributed by atoms with van der Waals surface area (Å²) in [6.07, 6.45) is 5.60. The lowest BCUT2D eigenvalue weighted by molar-refractivity contribution is 0.535. The van der Waals surface area contributed by atoms with Crippen LogP contribution in [0.2, 0.25) is 0 Å². The second-order valence-electron chi connectivity index (χ2n) is 10.1. The number of nitrogens with one attached hydrogen (secondary N) is 2. The number of nitrogens with zero attached hydrogens (tertiary/aromatic N) is 3. The van der Waals surface area contributed by atoms with Crippen LogP contribution in [0.4, 0.5) is 5.82 Å². The van der Waals surface area contributed by atoms with Crippen LogP contribution in [0.25, 0.3) is 33.2 Å². The van der Waals surface area contributed by atoms with E-state index < -0.39 is 0 Å². The van der Waals surface area contributed by atoms with Crippen molar-refractivity contribution in [3.63, 3.8) is 0 Å². The Hall–Kier alpha value is -3.74. The molecule has 0 saturated carbocycles. The van der Waals surface area contributed by atoms with Crippen LogP contribution in [0.5, 0.6) is 0 Å². The van der Waals surface area contributed by atoms with Gasteiger partial charge in [-0.25, -0.2) is 4.98 Å². The molecule has 6 heteroatoms. The quantitative estimate of drug-likeness (QED) is 0.221.